The van der Waals surface area contributed by atoms with E-state index in [0.29, 0.717) is 11.4 Å². The van der Waals surface area contributed by atoms with Gasteiger partial charge >= 0.3 is 0 Å². The summed E-state index contributed by atoms with van der Waals surface area (Å²) < 4.78 is 13.2. The second-order valence-electron chi connectivity index (χ2n) is 6.86. The van der Waals surface area contributed by atoms with Gasteiger partial charge in [0.15, 0.2) is 0 Å². The molecule has 0 aliphatic heterocycles. The maximum atomic E-state index is 13.2. The van der Waals surface area contributed by atoms with Gasteiger partial charge in [0.05, 0.1) is 21.9 Å². The number of aromatic amines is 1. The molecule has 0 bridgehead atoms. The number of fused-ring (bicyclic) bond motifs is 1. The number of H-pyrrole nitrogens is 1. The SMILES string of the molecule is O=C(CC(=O)Nc1ccc2c(C=Cc3ccccn3)n[nH]c2c1)Nc1ccc(F)c(Cl)c1. The fourth-order valence-corrected chi connectivity index (χ4v) is 3.20. The molecule has 4 rings (SSSR count). The zero-order valence-corrected chi connectivity index (χ0v) is 17.4. The number of nitrogens with zero attached hydrogens (tertiary/aromatic N) is 2. The van der Waals surface area contributed by atoms with E-state index < -0.39 is 24.1 Å². The lowest BCUT2D eigenvalue weighted by Gasteiger charge is -2.07. The molecule has 0 fully saturated rings. The third-order valence-corrected chi connectivity index (χ3v) is 4.79. The summed E-state index contributed by atoms with van der Waals surface area (Å²) in [4.78, 5) is 28.5. The number of aromatic nitrogens is 3. The molecule has 2 amide bonds. The van der Waals surface area contributed by atoms with Crippen molar-refractivity contribution in [2.45, 2.75) is 6.42 Å². The average Bonchev–Trinajstić information content (AvgIpc) is 3.17. The molecule has 0 unspecified atom stereocenters. The van der Waals surface area contributed by atoms with Crippen LogP contribution in [0.3, 0.4) is 0 Å². The van der Waals surface area contributed by atoms with Gasteiger partial charge < -0.3 is 10.6 Å². The number of hydrogen-bond acceptors (Lipinski definition) is 4. The number of halogens is 2. The first-order valence-corrected chi connectivity index (χ1v) is 9.98. The lowest BCUT2D eigenvalue weighted by Crippen LogP contribution is -2.21. The first-order chi connectivity index (χ1) is 15.5. The molecule has 0 spiro atoms. The maximum Gasteiger partial charge on any atom is 0.233 e. The van der Waals surface area contributed by atoms with Crippen molar-refractivity contribution in [3.8, 4) is 0 Å². The molecule has 0 saturated heterocycles. The third kappa shape index (κ3) is 5.16. The lowest BCUT2D eigenvalue weighted by atomic mass is 10.1. The van der Waals surface area contributed by atoms with Gasteiger partial charge in [-0.2, -0.15) is 5.10 Å². The second-order valence-corrected chi connectivity index (χ2v) is 7.27. The minimum Gasteiger partial charge on any atom is -0.326 e. The predicted octanol–water partition coefficient (Wildman–Crippen LogP) is 4.89. The van der Waals surface area contributed by atoms with Gasteiger partial charge in [0.2, 0.25) is 11.8 Å². The Morgan fingerprint density at radius 2 is 1.75 bits per heavy atom. The number of amides is 2. The van der Waals surface area contributed by atoms with E-state index in [-0.39, 0.29) is 5.02 Å². The molecule has 3 N–H and O–H groups in total. The maximum absolute atomic E-state index is 13.2. The average molecular weight is 450 g/mol. The van der Waals surface area contributed by atoms with E-state index in [1.165, 1.54) is 12.1 Å². The Kier molecular flexibility index (Phi) is 6.23. The summed E-state index contributed by atoms with van der Waals surface area (Å²) in [7, 11) is 0. The van der Waals surface area contributed by atoms with Crippen molar-refractivity contribution in [1.29, 1.82) is 0 Å². The normalized spacial score (nSPS) is 11.1. The summed E-state index contributed by atoms with van der Waals surface area (Å²) in [6.45, 7) is 0. The van der Waals surface area contributed by atoms with E-state index in [2.05, 4.69) is 25.8 Å². The minimum atomic E-state index is -0.591. The zero-order chi connectivity index (χ0) is 22.5. The van der Waals surface area contributed by atoms with E-state index in [1.807, 2.05) is 36.4 Å². The Balaban J connectivity index is 1.38. The van der Waals surface area contributed by atoms with Crippen LogP contribution >= 0.6 is 11.6 Å². The Hall–Kier alpha value is -4.04. The van der Waals surface area contributed by atoms with E-state index >= 15 is 0 Å². The highest BCUT2D eigenvalue weighted by molar-refractivity contribution is 6.31. The molecule has 9 heteroatoms. The summed E-state index contributed by atoms with van der Waals surface area (Å²) in [5, 5.41) is 13.2. The molecular formula is C23H17ClFN5O2. The summed E-state index contributed by atoms with van der Waals surface area (Å²) in [6, 6.07) is 14.7. The van der Waals surface area contributed by atoms with Crippen LogP contribution in [0.25, 0.3) is 23.1 Å². The van der Waals surface area contributed by atoms with Crippen LogP contribution in [0, 0.1) is 5.82 Å². The van der Waals surface area contributed by atoms with Gasteiger partial charge in [0.25, 0.3) is 0 Å². The number of carbonyl (C=O) groups excluding carboxylic acids is 2. The van der Waals surface area contributed by atoms with Crippen LogP contribution in [0.15, 0.2) is 60.8 Å². The highest BCUT2D eigenvalue weighted by Gasteiger charge is 2.12. The van der Waals surface area contributed by atoms with Crippen molar-refractivity contribution < 1.29 is 14.0 Å². The molecule has 7 nitrogen and oxygen atoms in total. The number of carbonyl (C=O) groups is 2. The summed E-state index contributed by atoms with van der Waals surface area (Å²) in [5.74, 6) is -1.63. The largest absolute Gasteiger partial charge is 0.326 e. The van der Waals surface area contributed by atoms with Gasteiger partial charge in [-0.3, -0.25) is 19.7 Å². The quantitative estimate of drug-likeness (QED) is 0.365. The van der Waals surface area contributed by atoms with Crippen molar-refractivity contribution in [2.24, 2.45) is 0 Å². The fourth-order valence-electron chi connectivity index (χ4n) is 3.01. The van der Waals surface area contributed by atoms with Gasteiger partial charge in [-0.1, -0.05) is 17.7 Å². The van der Waals surface area contributed by atoms with Crippen LogP contribution in [-0.2, 0) is 9.59 Å². The van der Waals surface area contributed by atoms with E-state index in [1.54, 1.807) is 18.3 Å². The second kappa shape index (κ2) is 9.40. The number of anilines is 2. The molecule has 160 valence electrons. The molecule has 0 aliphatic rings. The van der Waals surface area contributed by atoms with Crippen molar-refractivity contribution in [2.75, 3.05) is 10.6 Å². The summed E-state index contributed by atoms with van der Waals surface area (Å²) >= 11 is 5.69. The van der Waals surface area contributed by atoms with E-state index in [4.69, 9.17) is 11.6 Å². The van der Waals surface area contributed by atoms with E-state index in [0.717, 1.165) is 28.4 Å². The standard InChI is InChI=1S/C23H17ClFN5O2/c24-18-11-15(5-8-19(18)25)27-22(31)13-23(32)28-16-4-7-17-20(29-30-21(17)12-16)9-6-14-3-1-2-10-26-14/h1-12H,13H2,(H,27,31)(H,28,32)(H,29,30). The van der Waals surface area contributed by atoms with Gasteiger partial charge in [0, 0.05) is 23.0 Å². The van der Waals surface area contributed by atoms with Gasteiger partial charge in [-0.25, -0.2) is 4.39 Å². The van der Waals surface area contributed by atoms with Gasteiger partial charge in [-0.15, -0.1) is 0 Å². The Morgan fingerprint density at radius 3 is 2.47 bits per heavy atom. The zero-order valence-electron chi connectivity index (χ0n) is 16.6. The molecule has 2 heterocycles. The molecule has 32 heavy (non-hydrogen) atoms. The molecule has 0 saturated carbocycles. The fraction of sp³-hybridized carbons (Fsp3) is 0.0435. The Morgan fingerprint density at radius 1 is 1.00 bits per heavy atom. The molecule has 2 aromatic heterocycles. The van der Waals surface area contributed by atoms with Crippen LogP contribution in [0.2, 0.25) is 5.02 Å². The molecule has 0 aliphatic carbocycles. The van der Waals surface area contributed by atoms with Gasteiger partial charge in [-0.05, 0) is 60.7 Å². The first-order valence-electron chi connectivity index (χ1n) is 9.60. The molecule has 2 aromatic carbocycles. The van der Waals surface area contributed by atoms with E-state index in [9.17, 15) is 14.0 Å². The third-order valence-electron chi connectivity index (χ3n) is 4.50. The molecular weight excluding hydrogens is 433 g/mol. The lowest BCUT2D eigenvalue weighted by molar-refractivity contribution is -0.123. The topological polar surface area (TPSA) is 99.8 Å². The van der Waals surface area contributed by atoms with Crippen molar-refractivity contribution in [3.63, 3.8) is 0 Å². The number of benzene rings is 2. The van der Waals surface area contributed by atoms with Crippen LogP contribution < -0.4 is 10.6 Å². The highest BCUT2D eigenvalue weighted by atomic mass is 35.5. The van der Waals surface area contributed by atoms with Crippen LogP contribution in [-0.4, -0.2) is 27.0 Å². The number of rotatable bonds is 6. The number of pyridine rings is 1. The Bertz CT molecular complexity index is 1320. The minimum absolute atomic E-state index is 0.116. The van der Waals surface area contributed by atoms with Crippen LogP contribution in [0.4, 0.5) is 15.8 Å². The molecule has 4 aromatic rings. The van der Waals surface area contributed by atoms with Gasteiger partial charge in [0.1, 0.15) is 12.2 Å². The highest BCUT2D eigenvalue weighted by Crippen LogP contribution is 2.22. The number of nitrogens with one attached hydrogen (secondary N) is 3. The molecule has 0 radical (unpaired) electrons. The summed E-state index contributed by atoms with van der Waals surface area (Å²) in [5.41, 5.74) is 3.10. The molecule has 0 atom stereocenters. The monoisotopic (exact) mass is 449 g/mol. The smallest absolute Gasteiger partial charge is 0.233 e. The first kappa shape index (κ1) is 21.2. The van der Waals surface area contributed by atoms with Crippen LogP contribution in [0.1, 0.15) is 17.8 Å². The predicted molar refractivity (Wildman–Crippen MR) is 123 cm³/mol. The van der Waals surface area contributed by atoms with Crippen molar-refractivity contribution in [1.82, 2.24) is 15.2 Å². The summed E-state index contributed by atoms with van der Waals surface area (Å²) in [6.07, 6.45) is 5.02. The van der Waals surface area contributed by atoms with Crippen molar-refractivity contribution >= 4 is 57.8 Å². The van der Waals surface area contributed by atoms with Crippen molar-refractivity contribution in [3.05, 3.63) is 83.0 Å². The Labute approximate surface area is 187 Å². The van der Waals surface area contributed by atoms with Crippen LogP contribution in [0.5, 0.6) is 0 Å². The number of hydrogen-bond donors (Lipinski definition) is 3.